The molecular formula is C17H16F4O3. The predicted molar refractivity (Wildman–Crippen MR) is 79.0 cm³/mol. The van der Waals surface area contributed by atoms with Crippen molar-refractivity contribution in [2.24, 2.45) is 0 Å². The largest absolute Gasteiger partial charge is 0.507 e. The van der Waals surface area contributed by atoms with Crippen molar-refractivity contribution in [2.45, 2.75) is 25.3 Å². The van der Waals surface area contributed by atoms with Gasteiger partial charge in [0.25, 0.3) is 0 Å². The molecule has 2 N–H and O–H groups in total. The van der Waals surface area contributed by atoms with Crippen LogP contribution in [-0.2, 0) is 17.8 Å². The summed E-state index contributed by atoms with van der Waals surface area (Å²) in [6, 6.07) is 7.64. The molecule has 0 aromatic heterocycles. The molecule has 0 saturated carbocycles. The van der Waals surface area contributed by atoms with Crippen LogP contribution in [0.25, 0.3) is 0 Å². The van der Waals surface area contributed by atoms with Crippen LogP contribution in [0.2, 0.25) is 0 Å². The lowest BCUT2D eigenvalue weighted by Crippen LogP contribution is -2.12. The molecule has 0 aliphatic rings. The first-order valence-electron chi connectivity index (χ1n) is 7.05. The predicted octanol–water partition coefficient (Wildman–Crippen LogP) is 3.86. The summed E-state index contributed by atoms with van der Waals surface area (Å²) in [6.45, 7) is -0.436. The van der Waals surface area contributed by atoms with Crippen LogP contribution in [0, 0.1) is 5.82 Å². The minimum Gasteiger partial charge on any atom is -0.507 e. The maximum Gasteiger partial charge on any atom is 0.393 e. The van der Waals surface area contributed by atoms with Crippen LogP contribution in [0.4, 0.5) is 17.6 Å². The second kappa shape index (κ2) is 7.19. The Bertz CT molecular complexity index is 673. The molecule has 130 valence electrons. The molecule has 1 atom stereocenters. The minimum atomic E-state index is -4.31. The van der Waals surface area contributed by atoms with Gasteiger partial charge in [0, 0.05) is 7.11 Å². The van der Waals surface area contributed by atoms with Gasteiger partial charge < -0.3 is 14.9 Å². The number of ether oxygens (including phenoxy) is 1. The summed E-state index contributed by atoms with van der Waals surface area (Å²) in [5.41, 5.74) is 0.526. The Morgan fingerprint density at radius 1 is 1.08 bits per heavy atom. The molecule has 7 heteroatoms. The Balaban J connectivity index is 2.35. The number of aliphatic hydroxyl groups is 1. The molecule has 3 nitrogen and oxygen atoms in total. The number of alkyl halides is 3. The van der Waals surface area contributed by atoms with E-state index in [1.807, 2.05) is 0 Å². The maximum absolute atomic E-state index is 14.2. The fourth-order valence-corrected chi connectivity index (χ4v) is 2.47. The molecule has 0 spiro atoms. The van der Waals surface area contributed by atoms with Crippen LogP contribution >= 0.6 is 0 Å². The van der Waals surface area contributed by atoms with Gasteiger partial charge in [0.05, 0.1) is 18.6 Å². The van der Waals surface area contributed by atoms with Gasteiger partial charge in [0.1, 0.15) is 17.7 Å². The van der Waals surface area contributed by atoms with Gasteiger partial charge in [0.2, 0.25) is 0 Å². The normalized spacial score (nSPS) is 13.1. The van der Waals surface area contributed by atoms with Crippen LogP contribution < -0.4 is 0 Å². The highest BCUT2D eigenvalue weighted by Crippen LogP contribution is 2.35. The number of methoxy groups -OCH3 is 1. The number of hydrogen-bond donors (Lipinski definition) is 2. The van der Waals surface area contributed by atoms with Crippen LogP contribution in [-0.4, -0.2) is 23.5 Å². The molecule has 2 rings (SSSR count). The lowest BCUT2D eigenvalue weighted by molar-refractivity contribution is -0.127. The van der Waals surface area contributed by atoms with E-state index < -0.39 is 36.9 Å². The first-order valence-corrected chi connectivity index (χ1v) is 7.05. The minimum absolute atomic E-state index is 0.0708. The highest BCUT2D eigenvalue weighted by molar-refractivity contribution is 5.43. The van der Waals surface area contributed by atoms with Crippen molar-refractivity contribution in [1.82, 2.24) is 0 Å². The van der Waals surface area contributed by atoms with E-state index in [4.69, 9.17) is 9.84 Å². The van der Waals surface area contributed by atoms with Gasteiger partial charge in [-0.3, -0.25) is 0 Å². The number of hydrogen-bond acceptors (Lipinski definition) is 3. The van der Waals surface area contributed by atoms with E-state index in [0.29, 0.717) is 5.56 Å². The van der Waals surface area contributed by atoms with Gasteiger partial charge in [-0.05, 0) is 28.8 Å². The van der Waals surface area contributed by atoms with E-state index in [1.165, 1.54) is 37.4 Å². The topological polar surface area (TPSA) is 49.7 Å². The zero-order chi connectivity index (χ0) is 17.9. The lowest BCUT2D eigenvalue weighted by Gasteiger charge is -2.19. The van der Waals surface area contributed by atoms with Crippen molar-refractivity contribution in [2.75, 3.05) is 7.11 Å². The summed E-state index contributed by atoms with van der Waals surface area (Å²) >= 11 is 0. The highest BCUT2D eigenvalue weighted by atomic mass is 19.4. The Morgan fingerprint density at radius 3 is 2.17 bits per heavy atom. The zero-order valence-corrected chi connectivity index (χ0v) is 12.8. The van der Waals surface area contributed by atoms with Crippen molar-refractivity contribution in [1.29, 1.82) is 0 Å². The Kier molecular flexibility index (Phi) is 5.46. The van der Waals surface area contributed by atoms with Crippen LogP contribution in [0.15, 0.2) is 36.4 Å². The maximum atomic E-state index is 14.2. The third kappa shape index (κ3) is 4.24. The van der Waals surface area contributed by atoms with Crippen LogP contribution in [0.3, 0.4) is 0 Å². The fourth-order valence-electron chi connectivity index (χ4n) is 2.47. The summed E-state index contributed by atoms with van der Waals surface area (Å²) in [4.78, 5) is 0. The highest BCUT2D eigenvalue weighted by Gasteiger charge is 2.28. The smallest absolute Gasteiger partial charge is 0.393 e. The second-order valence-corrected chi connectivity index (χ2v) is 5.32. The van der Waals surface area contributed by atoms with Gasteiger partial charge in [-0.1, -0.05) is 24.3 Å². The van der Waals surface area contributed by atoms with Crippen molar-refractivity contribution in [3.63, 3.8) is 0 Å². The summed E-state index contributed by atoms with van der Waals surface area (Å²) in [6.07, 6.45) is -6.36. The van der Waals surface area contributed by atoms with E-state index in [1.54, 1.807) is 0 Å². The number of phenols is 1. The van der Waals surface area contributed by atoms with Crippen molar-refractivity contribution in [3.05, 3.63) is 64.5 Å². The van der Waals surface area contributed by atoms with Crippen molar-refractivity contribution < 1.29 is 32.5 Å². The summed E-state index contributed by atoms with van der Waals surface area (Å²) in [5.74, 6) is -1.17. The van der Waals surface area contributed by atoms with Gasteiger partial charge in [-0.15, -0.1) is 0 Å². The Morgan fingerprint density at radius 2 is 1.71 bits per heavy atom. The quantitative estimate of drug-likeness (QED) is 0.810. The second-order valence-electron chi connectivity index (χ2n) is 5.32. The third-order valence-electron chi connectivity index (χ3n) is 3.53. The monoisotopic (exact) mass is 344 g/mol. The number of benzene rings is 2. The molecule has 24 heavy (non-hydrogen) atoms. The number of rotatable bonds is 5. The van der Waals surface area contributed by atoms with Gasteiger partial charge in [-0.2, -0.15) is 13.2 Å². The first kappa shape index (κ1) is 18.2. The van der Waals surface area contributed by atoms with Gasteiger partial charge >= 0.3 is 6.18 Å². The number of halogens is 4. The molecule has 0 bridgehead atoms. The van der Waals surface area contributed by atoms with E-state index >= 15 is 0 Å². The SMILES string of the molecule is COC(c1ccc(CC(F)(F)F)cc1)c1c(O)cc(CO)cc1F. The van der Waals surface area contributed by atoms with Crippen LogP contribution in [0.1, 0.15) is 28.4 Å². The molecule has 2 aromatic carbocycles. The Hall–Kier alpha value is -2.12. The molecule has 0 radical (unpaired) electrons. The average Bonchev–Trinajstić information content (AvgIpc) is 2.50. The molecule has 0 aliphatic carbocycles. The van der Waals surface area contributed by atoms with Gasteiger partial charge in [-0.25, -0.2) is 4.39 Å². The molecule has 0 saturated heterocycles. The molecule has 0 aliphatic heterocycles. The van der Waals surface area contributed by atoms with E-state index in [-0.39, 0.29) is 16.7 Å². The zero-order valence-electron chi connectivity index (χ0n) is 12.8. The Labute approximate surface area is 136 Å². The molecule has 1 unspecified atom stereocenters. The fraction of sp³-hybridized carbons (Fsp3) is 0.294. The summed E-state index contributed by atoms with van der Waals surface area (Å²) in [5, 5.41) is 19.0. The molecule has 0 heterocycles. The number of phenolic OH excluding ortho intramolecular Hbond substituents is 1. The molecule has 0 fully saturated rings. The van der Waals surface area contributed by atoms with E-state index in [2.05, 4.69) is 0 Å². The number of aliphatic hydroxyl groups excluding tert-OH is 1. The van der Waals surface area contributed by atoms with Gasteiger partial charge in [0.15, 0.2) is 0 Å². The molecule has 2 aromatic rings. The van der Waals surface area contributed by atoms with Crippen molar-refractivity contribution in [3.8, 4) is 5.75 Å². The van der Waals surface area contributed by atoms with E-state index in [0.717, 1.165) is 6.07 Å². The average molecular weight is 344 g/mol. The van der Waals surface area contributed by atoms with E-state index in [9.17, 15) is 22.7 Å². The summed E-state index contributed by atoms with van der Waals surface area (Å²) in [7, 11) is 1.30. The standard InChI is InChI=1S/C17H16F4O3/c1-24-16(15-13(18)6-11(9-22)7-14(15)23)12-4-2-10(3-5-12)8-17(19,20)21/h2-7,16,22-23H,8-9H2,1H3. The number of aromatic hydroxyl groups is 1. The molecular weight excluding hydrogens is 328 g/mol. The first-order chi connectivity index (χ1) is 11.2. The summed E-state index contributed by atoms with van der Waals surface area (Å²) < 4.78 is 56.6. The van der Waals surface area contributed by atoms with Crippen LogP contribution in [0.5, 0.6) is 5.75 Å². The van der Waals surface area contributed by atoms with Crippen molar-refractivity contribution >= 4 is 0 Å². The third-order valence-corrected chi connectivity index (χ3v) is 3.53. The lowest BCUT2D eigenvalue weighted by atomic mass is 9.97. The molecule has 0 amide bonds.